The van der Waals surface area contributed by atoms with E-state index in [1.54, 1.807) is 0 Å². The Morgan fingerprint density at radius 1 is 0.913 bits per heavy atom. The molecule has 131 valence electrons. The Labute approximate surface area is 141 Å². The van der Waals surface area contributed by atoms with Crippen molar-refractivity contribution in [1.82, 2.24) is 0 Å². The molecular formula is C21H33F2. The fourth-order valence-electron chi connectivity index (χ4n) is 5.16. The van der Waals surface area contributed by atoms with Crippen LogP contribution in [0, 0.1) is 23.7 Å². The van der Waals surface area contributed by atoms with Crippen LogP contribution in [0.1, 0.15) is 84.0 Å². The van der Waals surface area contributed by atoms with E-state index in [9.17, 15) is 8.78 Å². The van der Waals surface area contributed by atoms with Crippen molar-refractivity contribution in [2.24, 2.45) is 17.8 Å². The summed E-state index contributed by atoms with van der Waals surface area (Å²) in [7, 11) is 0. The summed E-state index contributed by atoms with van der Waals surface area (Å²) in [5.41, 5.74) is 1.44. The van der Waals surface area contributed by atoms with Gasteiger partial charge < -0.3 is 0 Å². The number of hydrogen-bond donors (Lipinski definition) is 0. The van der Waals surface area contributed by atoms with Crippen LogP contribution in [-0.4, -0.2) is 12.3 Å². The second kappa shape index (κ2) is 8.12. The van der Waals surface area contributed by atoms with E-state index < -0.39 is 12.3 Å². The molecule has 0 amide bonds. The normalized spacial score (nSPS) is 37.6. The van der Waals surface area contributed by atoms with Crippen molar-refractivity contribution < 1.29 is 8.78 Å². The maximum absolute atomic E-state index is 13.6. The SMILES string of the molecule is CCCC1CC[C](C2CC=C(C3CCC(F)C(F)C3)CC2)CC1. The topological polar surface area (TPSA) is 0 Å². The van der Waals surface area contributed by atoms with Gasteiger partial charge in [0.1, 0.15) is 12.3 Å². The van der Waals surface area contributed by atoms with Crippen LogP contribution in [-0.2, 0) is 0 Å². The third-order valence-electron chi connectivity index (χ3n) is 6.69. The van der Waals surface area contributed by atoms with Crippen LogP contribution in [0.2, 0.25) is 0 Å². The van der Waals surface area contributed by atoms with Crippen molar-refractivity contribution in [3.63, 3.8) is 0 Å². The summed E-state index contributed by atoms with van der Waals surface area (Å²) in [6, 6.07) is 0. The van der Waals surface area contributed by atoms with Crippen LogP contribution >= 0.6 is 0 Å². The number of hydrogen-bond acceptors (Lipinski definition) is 0. The third-order valence-corrected chi connectivity index (χ3v) is 6.69. The van der Waals surface area contributed by atoms with Crippen LogP contribution in [0.25, 0.3) is 0 Å². The Morgan fingerprint density at radius 3 is 2.30 bits per heavy atom. The van der Waals surface area contributed by atoms with Gasteiger partial charge in [0.05, 0.1) is 0 Å². The van der Waals surface area contributed by atoms with Gasteiger partial charge in [-0.05, 0) is 87.9 Å². The molecule has 1 radical (unpaired) electrons. The average molecular weight is 323 g/mol. The molecule has 0 saturated heterocycles. The monoisotopic (exact) mass is 323 g/mol. The zero-order chi connectivity index (χ0) is 16.2. The molecule has 3 rings (SSSR count). The largest absolute Gasteiger partial charge is 0.244 e. The predicted octanol–water partition coefficient (Wildman–Crippen LogP) is 6.75. The number of rotatable bonds is 4. The van der Waals surface area contributed by atoms with E-state index in [0.29, 0.717) is 18.8 Å². The zero-order valence-electron chi connectivity index (χ0n) is 14.7. The van der Waals surface area contributed by atoms with Gasteiger partial charge in [-0.15, -0.1) is 0 Å². The highest BCUT2D eigenvalue weighted by atomic mass is 19.2. The standard InChI is InChI=1S/C21H33F2/c1-2-3-15-4-6-16(7-5-15)17-8-10-18(11-9-17)19-12-13-20(22)21(23)14-19/h10,15,17,19-21H,2-9,11-14H2,1H3. The Kier molecular flexibility index (Phi) is 6.15. The van der Waals surface area contributed by atoms with Gasteiger partial charge in [0.2, 0.25) is 0 Å². The summed E-state index contributed by atoms with van der Waals surface area (Å²) >= 11 is 0. The van der Waals surface area contributed by atoms with E-state index in [2.05, 4.69) is 13.0 Å². The minimum atomic E-state index is -1.23. The van der Waals surface area contributed by atoms with Gasteiger partial charge in [-0.1, -0.05) is 31.4 Å². The van der Waals surface area contributed by atoms with E-state index in [4.69, 9.17) is 0 Å². The lowest BCUT2D eigenvalue weighted by atomic mass is 9.69. The van der Waals surface area contributed by atoms with Crippen molar-refractivity contribution in [2.45, 2.75) is 96.3 Å². The van der Waals surface area contributed by atoms with Gasteiger partial charge in [-0.3, -0.25) is 0 Å². The molecule has 0 aromatic heterocycles. The molecule has 0 aliphatic heterocycles. The van der Waals surface area contributed by atoms with Crippen LogP contribution in [0.3, 0.4) is 0 Å². The van der Waals surface area contributed by atoms with Crippen LogP contribution < -0.4 is 0 Å². The summed E-state index contributed by atoms with van der Waals surface area (Å²) in [5, 5.41) is 0. The number of alkyl halides is 2. The highest BCUT2D eigenvalue weighted by Crippen LogP contribution is 2.44. The fourth-order valence-corrected chi connectivity index (χ4v) is 5.16. The molecule has 3 aliphatic rings. The molecule has 0 bridgehead atoms. The molecule has 4 atom stereocenters. The first kappa shape index (κ1) is 17.4. The summed E-state index contributed by atoms with van der Waals surface area (Å²) in [5.74, 6) is 3.88. The van der Waals surface area contributed by atoms with E-state index in [0.717, 1.165) is 31.1 Å². The van der Waals surface area contributed by atoms with E-state index in [1.807, 2.05) is 5.92 Å². The van der Waals surface area contributed by atoms with E-state index in [-0.39, 0.29) is 0 Å². The molecule has 2 fully saturated rings. The summed E-state index contributed by atoms with van der Waals surface area (Å²) in [4.78, 5) is 0. The van der Waals surface area contributed by atoms with Crippen LogP contribution in [0.4, 0.5) is 8.78 Å². The molecule has 0 heterocycles. The first-order valence-corrected chi connectivity index (χ1v) is 9.99. The van der Waals surface area contributed by atoms with Crippen LogP contribution in [0.15, 0.2) is 11.6 Å². The lowest BCUT2D eigenvalue weighted by molar-refractivity contribution is 0.0973. The Hall–Kier alpha value is -0.400. The van der Waals surface area contributed by atoms with E-state index >= 15 is 0 Å². The Balaban J connectivity index is 1.47. The molecule has 0 aromatic carbocycles. The van der Waals surface area contributed by atoms with Gasteiger partial charge in [0.25, 0.3) is 0 Å². The van der Waals surface area contributed by atoms with Crippen molar-refractivity contribution >= 4 is 0 Å². The average Bonchev–Trinajstić information content (AvgIpc) is 2.59. The maximum Gasteiger partial charge on any atom is 0.132 e. The second-order valence-electron chi connectivity index (χ2n) is 8.18. The lowest BCUT2D eigenvalue weighted by Crippen LogP contribution is -2.29. The molecule has 0 N–H and O–H groups in total. The highest BCUT2D eigenvalue weighted by molar-refractivity contribution is 5.16. The van der Waals surface area contributed by atoms with Crippen molar-refractivity contribution in [3.8, 4) is 0 Å². The smallest absolute Gasteiger partial charge is 0.132 e. The fraction of sp³-hybridized carbons (Fsp3) is 0.857. The molecule has 0 spiro atoms. The molecular weight excluding hydrogens is 290 g/mol. The highest BCUT2D eigenvalue weighted by Gasteiger charge is 2.34. The van der Waals surface area contributed by atoms with Crippen LogP contribution in [0.5, 0.6) is 0 Å². The molecule has 2 heteroatoms. The van der Waals surface area contributed by atoms with Crippen molar-refractivity contribution in [1.29, 1.82) is 0 Å². The summed E-state index contributed by atoms with van der Waals surface area (Å²) < 4.78 is 27.0. The van der Waals surface area contributed by atoms with Gasteiger partial charge in [-0.25, -0.2) is 8.78 Å². The Bertz CT molecular complexity index is 395. The minimum absolute atomic E-state index is 0.322. The molecule has 2 saturated carbocycles. The molecule has 4 unspecified atom stereocenters. The molecule has 0 aromatic rings. The zero-order valence-corrected chi connectivity index (χ0v) is 14.7. The van der Waals surface area contributed by atoms with Gasteiger partial charge >= 0.3 is 0 Å². The third kappa shape index (κ3) is 4.37. The van der Waals surface area contributed by atoms with Gasteiger partial charge in [-0.2, -0.15) is 0 Å². The minimum Gasteiger partial charge on any atom is -0.244 e. The lowest BCUT2D eigenvalue weighted by Gasteiger charge is -2.37. The summed E-state index contributed by atoms with van der Waals surface area (Å²) in [6.45, 7) is 2.30. The molecule has 0 nitrogen and oxygen atoms in total. The molecule has 3 aliphatic carbocycles. The van der Waals surface area contributed by atoms with E-state index in [1.165, 1.54) is 50.5 Å². The van der Waals surface area contributed by atoms with Crippen molar-refractivity contribution in [2.75, 3.05) is 0 Å². The second-order valence-corrected chi connectivity index (χ2v) is 8.18. The maximum atomic E-state index is 13.6. The first-order chi connectivity index (χ1) is 11.2. The Morgan fingerprint density at radius 2 is 1.70 bits per heavy atom. The van der Waals surface area contributed by atoms with Gasteiger partial charge in [0.15, 0.2) is 0 Å². The number of halogens is 2. The number of allylic oxidation sites excluding steroid dienone is 2. The first-order valence-electron chi connectivity index (χ1n) is 9.99. The predicted molar refractivity (Wildman–Crippen MR) is 92.7 cm³/mol. The van der Waals surface area contributed by atoms with Crippen molar-refractivity contribution in [3.05, 3.63) is 17.6 Å². The summed E-state index contributed by atoms with van der Waals surface area (Å²) in [6.07, 6.45) is 13.4. The molecule has 23 heavy (non-hydrogen) atoms. The van der Waals surface area contributed by atoms with Gasteiger partial charge in [0, 0.05) is 0 Å². The quantitative estimate of drug-likeness (QED) is 0.502.